The second kappa shape index (κ2) is 5.63. The van der Waals surface area contributed by atoms with Crippen LogP contribution in [0.4, 0.5) is 18.9 Å². The van der Waals surface area contributed by atoms with Crippen LogP contribution < -0.4 is 9.64 Å². The summed E-state index contributed by atoms with van der Waals surface area (Å²) in [6, 6.07) is 4.16. The maximum absolute atomic E-state index is 12.5. The number of benzene rings is 1. The van der Waals surface area contributed by atoms with Gasteiger partial charge in [0.05, 0.1) is 0 Å². The Morgan fingerprint density at radius 1 is 1.33 bits per heavy atom. The van der Waals surface area contributed by atoms with Crippen molar-refractivity contribution in [1.82, 2.24) is 0 Å². The maximum atomic E-state index is 12.5. The summed E-state index contributed by atoms with van der Waals surface area (Å²) in [5.74, 6) is -2.80. The molecule has 0 aromatic heterocycles. The highest BCUT2D eigenvalue weighted by Gasteiger charge is 2.44. The van der Waals surface area contributed by atoms with Crippen molar-refractivity contribution in [2.24, 2.45) is 0 Å². The van der Waals surface area contributed by atoms with Gasteiger partial charge in [-0.25, -0.2) is 4.79 Å². The van der Waals surface area contributed by atoms with Crippen molar-refractivity contribution in [1.29, 1.82) is 0 Å². The van der Waals surface area contributed by atoms with Crippen molar-refractivity contribution in [2.75, 3.05) is 18.1 Å². The van der Waals surface area contributed by atoms with Crippen molar-refractivity contribution >= 4 is 17.6 Å². The number of amides is 1. The van der Waals surface area contributed by atoms with Gasteiger partial charge >= 0.3 is 18.1 Å². The van der Waals surface area contributed by atoms with Crippen LogP contribution in [0.5, 0.6) is 5.75 Å². The number of carbonyl (C=O) groups excluding carboxylic acids is 1. The number of hydrogen-bond acceptors (Lipinski definition) is 3. The quantitative estimate of drug-likeness (QED) is 0.927. The van der Waals surface area contributed by atoms with E-state index in [1.165, 1.54) is 18.2 Å². The van der Waals surface area contributed by atoms with Crippen LogP contribution in [0.2, 0.25) is 0 Å². The Balaban J connectivity index is 2.24. The molecule has 0 unspecified atom stereocenters. The highest BCUT2D eigenvalue weighted by atomic mass is 19.4. The number of carboxylic acids is 1. The lowest BCUT2D eigenvalue weighted by molar-refractivity contribution is -0.170. The van der Waals surface area contributed by atoms with Gasteiger partial charge in [0.1, 0.15) is 5.75 Å². The number of alkyl halides is 3. The Hall–Kier alpha value is -2.25. The number of hydrogen-bond donors (Lipinski definition) is 1. The molecule has 1 aromatic carbocycles. The molecule has 5 nitrogen and oxygen atoms in total. The summed E-state index contributed by atoms with van der Waals surface area (Å²) in [6.45, 7) is -0.537. The molecular formula is C13H12F3NO4. The summed E-state index contributed by atoms with van der Waals surface area (Å²) < 4.78 is 42.6. The molecule has 0 saturated heterocycles. The summed E-state index contributed by atoms with van der Waals surface area (Å²) in [6.07, 6.45) is -4.02. The first-order valence-corrected chi connectivity index (χ1v) is 6.15. The van der Waals surface area contributed by atoms with Crippen molar-refractivity contribution in [3.63, 3.8) is 0 Å². The lowest BCUT2D eigenvalue weighted by atomic mass is 10.0. The Bertz CT molecular complexity index is 571. The fourth-order valence-corrected chi connectivity index (χ4v) is 2.17. The number of anilines is 1. The SMILES string of the molecule is O=C(O)COc1ccc2c(c1)CCCN2C(=O)C(F)(F)F. The van der Waals surface area contributed by atoms with Crippen LogP contribution in [-0.2, 0) is 16.0 Å². The van der Waals surface area contributed by atoms with E-state index in [4.69, 9.17) is 9.84 Å². The van der Waals surface area contributed by atoms with Crippen molar-refractivity contribution in [3.05, 3.63) is 23.8 Å². The molecule has 0 fully saturated rings. The minimum atomic E-state index is -4.92. The first-order valence-electron chi connectivity index (χ1n) is 6.15. The highest BCUT2D eigenvalue weighted by Crippen LogP contribution is 2.33. The minimum Gasteiger partial charge on any atom is -0.482 e. The van der Waals surface area contributed by atoms with Gasteiger partial charge in [0.15, 0.2) is 6.61 Å². The predicted molar refractivity (Wildman–Crippen MR) is 66.3 cm³/mol. The van der Waals surface area contributed by atoms with E-state index in [2.05, 4.69) is 0 Å². The second-order valence-corrected chi connectivity index (χ2v) is 4.53. The number of rotatable bonds is 3. The molecule has 1 aliphatic heterocycles. The van der Waals surface area contributed by atoms with Crippen LogP contribution >= 0.6 is 0 Å². The van der Waals surface area contributed by atoms with E-state index in [1.807, 2.05) is 0 Å². The van der Waals surface area contributed by atoms with E-state index in [0.29, 0.717) is 23.3 Å². The molecule has 1 N–H and O–H groups in total. The molecule has 1 aromatic rings. The number of aliphatic carboxylic acids is 1. The second-order valence-electron chi connectivity index (χ2n) is 4.53. The van der Waals surface area contributed by atoms with Gasteiger partial charge in [0.25, 0.3) is 0 Å². The van der Waals surface area contributed by atoms with Gasteiger partial charge in [-0.1, -0.05) is 0 Å². The topological polar surface area (TPSA) is 66.8 Å². The predicted octanol–water partition coefficient (Wildman–Crippen LogP) is 1.99. The van der Waals surface area contributed by atoms with E-state index >= 15 is 0 Å². The third-order valence-electron chi connectivity index (χ3n) is 3.02. The normalized spacial score (nSPS) is 14.5. The first kappa shape index (κ1) is 15.1. The molecule has 21 heavy (non-hydrogen) atoms. The zero-order valence-corrected chi connectivity index (χ0v) is 10.8. The summed E-state index contributed by atoms with van der Waals surface area (Å²) in [5.41, 5.74) is 0.716. The Kier molecular flexibility index (Phi) is 4.06. The number of ether oxygens (including phenoxy) is 1. The largest absolute Gasteiger partial charge is 0.482 e. The van der Waals surface area contributed by atoms with E-state index < -0.39 is 24.7 Å². The molecule has 0 radical (unpaired) electrons. The summed E-state index contributed by atoms with van der Waals surface area (Å²) in [5, 5.41) is 8.51. The van der Waals surface area contributed by atoms with Gasteiger partial charge in [-0.3, -0.25) is 4.79 Å². The monoisotopic (exact) mass is 303 g/mol. The molecule has 1 aliphatic rings. The fraction of sp³-hybridized carbons (Fsp3) is 0.385. The molecule has 8 heteroatoms. The van der Waals surface area contributed by atoms with Gasteiger partial charge in [0, 0.05) is 12.2 Å². The third-order valence-corrected chi connectivity index (χ3v) is 3.02. The van der Waals surface area contributed by atoms with Crippen LogP contribution in [-0.4, -0.2) is 36.3 Å². The Morgan fingerprint density at radius 3 is 2.67 bits per heavy atom. The van der Waals surface area contributed by atoms with Gasteiger partial charge in [-0.15, -0.1) is 0 Å². The summed E-state index contributed by atoms with van der Waals surface area (Å²) in [4.78, 5) is 22.5. The van der Waals surface area contributed by atoms with Crippen LogP contribution in [0.1, 0.15) is 12.0 Å². The number of aryl methyl sites for hydroxylation is 1. The van der Waals surface area contributed by atoms with Gasteiger partial charge in [0.2, 0.25) is 0 Å². The van der Waals surface area contributed by atoms with Crippen LogP contribution in [0.15, 0.2) is 18.2 Å². The van der Waals surface area contributed by atoms with Crippen LogP contribution in [0.3, 0.4) is 0 Å². The van der Waals surface area contributed by atoms with E-state index in [9.17, 15) is 22.8 Å². The molecule has 1 heterocycles. The van der Waals surface area contributed by atoms with Gasteiger partial charge < -0.3 is 14.7 Å². The lowest BCUT2D eigenvalue weighted by Crippen LogP contribution is -2.43. The molecule has 0 spiro atoms. The maximum Gasteiger partial charge on any atom is 0.471 e. The smallest absolute Gasteiger partial charge is 0.471 e. The van der Waals surface area contributed by atoms with Gasteiger partial charge in [-0.2, -0.15) is 13.2 Å². The minimum absolute atomic E-state index is 0.000668. The molecule has 0 saturated carbocycles. The zero-order valence-electron chi connectivity index (χ0n) is 10.8. The molecule has 0 atom stereocenters. The van der Waals surface area contributed by atoms with Crippen molar-refractivity contribution in [2.45, 2.75) is 19.0 Å². The van der Waals surface area contributed by atoms with E-state index in [0.717, 1.165) is 0 Å². The van der Waals surface area contributed by atoms with Crippen LogP contribution in [0.25, 0.3) is 0 Å². The standard InChI is InChI=1S/C13H12F3NO4/c14-13(15,16)12(20)17-5-1-2-8-6-9(3-4-10(8)17)21-7-11(18)19/h3-4,6H,1-2,5,7H2,(H,18,19). The molecule has 0 bridgehead atoms. The fourth-order valence-electron chi connectivity index (χ4n) is 2.17. The highest BCUT2D eigenvalue weighted by molar-refractivity contribution is 5.98. The number of fused-ring (bicyclic) bond motifs is 1. The van der Waals surface area contributed by atoms with E-state index in [-0.39, 0.29) is 18.0 Å². The Labute approximate surface area is 117 Å². The number of nitrogens with zero attached hydrogens (tertiary/aromatic N) is 1. The Morgan fingerprint density at radius 2 is 2.05 bits per heavy atom. The number of halogens is 3. The molecule has 0 aliphatic carbocycles. The molecule has 2 rings (SSSR count). The lowest BCUT2D eigenvalue weighted by Gasteiger charge is -2.30. The number of carbonyl (C=O) groups is 2. The molecular weight excluding hydrogens is 291 g/mol. The van der Waals surface area contributed by atoms with Gasteiger partial charge in [-0.05, 0) is 36.6 Å². The first-order chi connectivity index (χ1) is 9.79. The average Bonchev–Trinajstić information content (AvgIpc) is 2.42. The third kappa shape index (κ3) is 3.45. The summed E-state index contributed by atoms with van der Waals surface area (Å²) in [7, 11) is 0. The molecule has 1 amide bonds. The van der Waals surface area contributed by atoms with Crippen molar-refractivity contribution in [3.8, 4) is 5.75 Å². The molecule has 114 valence electrons. The average molecular weight is 303 g/mol. The summed E-state index contributed by atoms with van der Waals surface area (Å²) >= 11 is 0. The zero-order chi connectivity index (χ0) is 15.6. The van der Waals surface area contributed by atoms with Crippen molar-refractivity contribution < 1.29 is 32.6 Å². The van der Waals surface area contributed by atoms with Crippen LogP contribution in [0, 0.1) is 0 Å². The number of carboxylic acid groups (broad SMARTS) is 1. The van der Waals surface area contributed by atoms with E-state index in [1.54, 1.807) is 0 Å².